The standard InChI is InChI=1S/C51H93N9O11/c1-21-23-24-33(11)43(62)42(46(65)55-36(22-2)48(67)56(15)28-40(61)71-20)60(19)51(70)41(32(9)10)59(18)50(69)39(27-31(7)8)58(17)49(68)38(26-30(5)6)57(16)47(66)35(13)54-44(63)34(12)53-45(64)37(52-14)25-29(3)4/h21,23,29-39,41-43,52,62H,22,24-28H2,1-20H3,(H,53,64)(H,54,63)(H,55,65)/b23-21+/t33-,34+,35-,36+,37+,38+,39+,41+,42+,43-/m1/s1. The van der Waals surface area contributed by atoms with Crippen LogP contribution in [0.4, 0.5) is 0 Å². The highest BCUT2D eigenvalue weighted by Crippen LogP contribution is 2.24. The number of aliphatic hydroxyl groups is 1. The van der Waals surface area contributed by atoms with Crippen molar-refractivity contribution < 1.29 is 53.0 Å². The van der Waals surface area contributed by atoms with Gasteiger partial charge in [-0.15, -0.1) is 0 Å². The molecule has 0 aliphatic rings. The summed E-state index contributed by atoms with van der Waals surface area (Å²) in [4.78, 5) is 130. The molecule has 5 N–H and O–H groups in total. The van der Waals surface area contributed by atoms with Gasteiger partial charge in [-0.25, -0.2) is 0 Å². The molecule has 71 heavy (non-hydrogen) atoms. The predicted molar refractivity (Wildman–Crippen MR) is 274 cm³/mol. The number of esters is 1. The van der Waals surface area contributed by atoms with E-state index in [2.05, 4.69) is 26.0 Å². The van der Waals surface area contributed by atoms with Crippen molar-refractivity contribution in [1.82, 2.24) is 45.8 Å². The molecule has 0 saturated heterocycles. The van der Waals surface area contributed by atoms with Crippen LogP contribution >= 0.6 is 0 Å². The van der Waals surface area contributed by atoms with Crippen LogP contribution < -0.4 is 21.3 Å². The second-order valence-electron chi connectivity index (χ2n) is 20.7. The van der Waals surface area contributed by atoms with Crippen molar-refractivity contribution in [3.8, 4) is 0 Å². The van der Waals surface area contributed by atoms with E-state index >= 15 is 0 Å². The van der Waals surface area contributed by atoms with Gasteiger partial charge in [-0.3, -0.25) is 43.2 Å². The fourth-order valence-corrected chi connectivity index (χ4v) is 8.37. The number of carbonyl (C=O) groups is 9. The van der Waals surface area contributed by atoms with Gasteiger partial charge >= 0.3 is 5.97 Å². The minimum absolute atomic E-state index is 0.0909. The number of ether oxygens (including phenoxy) is 1. The molecule has 0 aromatic heterocycles. The maximum Gasteiger partial charge on any atom is 0.325 e. The lowest BCUT2D eigenvalue weighted by atomic mass is 9.91. The molecular weight excluding hydrogens is 915 g/mol. The summed E-state index contributed by atoms with van der Waals surface area (Å²) >= 11 is 0. The lowest BCUT2D eigenvalue weighted by Crippen LogP contribution is -2.63. The molecule has 0 heterocycles. The van der Waals surface area contributed by atoms with E-state index in [1.807, 2.05) is 54.5 Å². The summed E-state index contributed by atoms with van der Waals surface area (Å²) in [5.74, 6) is -6.48. The Morgan fingerprint density at radius 2 is 1.03 bits per heavy atom. The van der Waals surface area contributed by atoms with Crippen LogP contribution in [0.3, 0.4) is 0 Å². The molecule has 0 aliphatic carbocycles. The van der Waals surface area contributed by atoms with Crippen molar-refractivity contribution in [2.45, 2.75) is 177 Å². The van der Waals surface area contributed by atoms with E-state index in [0.717, 1.165) is 9.80 Å². The summed E-state index contributed by atoms with van der Waals surface area (Å²) in [7, 11) is 9.99. The van der Waals surface area contributed by atoms with Gasteiger partial charge in [0.05, 0.1) is 19.3 Å². The van der Waals surface area contributed by atoms with E-state index < -0.39 is 114 Å². The van der Waals surface area contributed by atoms with Gasteiger partial charge < -0.3 is 55.6 Å². The summed E-state index contributed by atoms with van der Waals surface area (Å²) in [6.45, 7) is 22.8. The maximum absolute atomic E-state index is 14.9. The number of methoxy groups -OCH3 is 1. The fourth-order valence-electron chi connectivity index (χ4n) is 8.37. The van der Waals surface area contributed by atoms with E-state index in [1.54, 1.807) is 40.8 Å². The molecule has 8 amide bonds. The van der Waals surface area contributed by atoms with Crippen LogP contribution in [0.1, 0.15) is 122 Å². The molecule has 0 bridgehead atoms. The molecular formula is C51H93N9O11. The lowest BCUT2D eigenvalue weighted by Gasteiger charge is -2.41. The lowest BCUT2D eigenvalue weighted by molar-refractivity contribution is -0.157. The Morgan fingerprint density at radius 3 is 1.46 bits per heavy atom. The molecule has 0 saturated carbocycles. The maximum atomic E-state index is 14.9. The monoisotopic (exact) mass is 1010 g/mol. The van der Waals surface area contributed by atoms with Gasteiger partial charge in [-0.2, -0.15) is 0 Å². The third-order valence-electron chi connectivity index (χ3n) is 12.8. The van der Waals surface area contributed by atoms with Crippen LogP contribution in [0.2, 0.25) is 0 Å². The first-order valence-corrected chi connectivity index (χ1v) is 25.1. The Labute approximate surface area is 425 Å². The van der Waals surface area contributed by atoms with Gasteiger partial charge in [-0.05, 0) is 89.5 Å². The number of nitrogens with one attached hydrogen (secondary N) is 4. The molecule has 0 unspecified atom stereocenters. The number of allylic oxidation sites excluding steroid dienone is 2. The Balaban J connectivity index is 6.96. The molecule has 20 heteroatoms. The zero-order valence-corrected chi connectivity index (χ0v) is 46.7. The first kappa shape index (κ1) is 65.9. The average molecular weight is 1010 g/mol. The number of rotatable bonds is 30. The number of hydrogen-bond donors (Lipinski definition) is 5. The van der Waals surface area contributed by atoms with Crippen molar-refractivity contribution in [2.24, 2.45) is 29.6 Å². The summed E-state index contributed by atoms with van der Waals surface area (Å²) in [6.07, 6.45) is 3.59. The van der Waals surface area contributed by atoms with Gasteiger partial charge in [0.1, 0.15) is 48.8 Å². The largest absolute Gasteiger partial charge is 0.468 e. The highest BCUT2D eigenvalue weighted by atomic mass is 16.5. The van der Waals surface area contributed by atoms with E-state index in [-0.39, 0.29) is 49.5 Å². The van der Waals surface area contributed by atoms with Crippen molar-refractivity contribution in [3.05, 3.63) is 12.2 Å². The predicted octanol–water partition coefficient (Wildman–Crippen LogP) is 2.18. The number of hydrogen-bond acceptors (Lipinski definition) is 12. The van der Waals surface area contributed by atoms with Crippen molar-refractivity contribution >= 4 is 53.2 Å². The summed E-state index contributed by atoms with van der Waals surface area (Å²) < 4.78 is 4.69. The smallest absolute Gasteiger partial charge is 0.325 e. The van der Waals surface area contributed by atoms with Crippen LogP contribution in [0.15, 0.2) is 12.2 Å². The molecule has 20 nitrogen and oxygen atoms in total. The highest BCUT2D eigenvalue weighted by Gasteiger charge is 2.44. The van der Waals surface area contributed by atoms with E-state index in [0.29, 0.717) is 12.8 Å². The van der Waals surface area contributed by atoms with E-state index in [9.17, 15) is 48.3 Å². The third kappa shape index (κ3) is 20.1. The first-order valence-electron chi connectivity index (χ1n) is 25.1. The molecule has 0 aromatic carbocycles. The summed E-state index contributed by atoms with van der Waals surface area (Å²) in [5.41, 5.74) is 0. The van der Waals surface area contributed by atoms with Crippen molar-refractivity contribution in [1.29, 1.82) is 0 Å². The number of aliphatic hydroxyl groups excluding tert-OH is 1. The molecule has 408 valence electrons. The van der Waals surface area contributed by atoms with Crippen LogP contribution in [0, 0.1) is 29.6 Å². The topological polar surface area (TPSA) is 247 Å². The average Bonchev–Trinajstić information content (AvgIpc) is 3.30. The first-order chi connectivity index (χ1) is 32.9. The normalized spacial score (nSPS) is 15.9. The third-order valence-corrected chi connectivity index (χ3v) is 12.8. The second kappa shape index (κ2) is 31.4. The highest BCUT2D eigenvalue weighted by molar-refractivity contribution is 5.98. The summed E-state index contributed by atoms with van der Waals surface area (Å²) in [6, 6.07) is -8.63. The molecule has 0 fully saturated rings. The Kier molecular flexibility index (Phi) is 29.1. The Hall–Kier alpha value is -5.11. The van der Waals surface area contributed by atoms with Crippen LogP contribution in [-0.4, -0.2) is 193 Å². The minimum atomic E-state index is -1.53. The van der Waals surface area contributed by atoms with Gasteiger partial charge in [0.25, 0.3) is 0 Å². The molecule has 0 rings (SSSR count). The molecule has 10 atom stereocenters. The van der Waals surface area contributed by atoms with Crippen LogP contribution in [0.25, 0.3) is 0 Å². The van der Waals surface area contributed by atoms with Gasteiger partial charge in [0, 0.05) is 35.2 Å². The van der Waals surface area contributed by atoms with Gasteiger partial charge in [0.2, 0.25) is 47.3 Å². The van der Waals surface area contributed by atoms with Crippen molar-refractivity contribution in [2.75, 3.05) is 55.9 Å². The Bertz CT molecular complexity index is 1810. The van der Waals surface area contributed by atoms with Gasteiger partial charge in [-0.1, -0.05) is 81.4 Å². The zero-order valence-electron chi connectivity index (χ0n) is 46.7. The number of nitrogens with zero attached hydrogens (tertiary/aromatic N) is 5. The molecule has 0 aliphatic heterocycles. The van der Waals surface area contributed by atoms with Crippen LogP contribution in [0.5, 0.6) is 0 Å². The van der Waals surface area contributed by atoms with Crippen LogP contribution in [-0.2, 0) is 47.9 Å². The number of likely N-dealkylation sites (N-methyl/N-ethyl adjacent to an activating group) is 6. The molecule has 0 spiro atoms. The minimum Gasteiger partial charge on any atom is -0.468 e. The fraction of sp³-hybridized carbons (Fsp3) is 0.784. The second-order valence-corrected chi connectivity index (χ2v) is 20.7. The number of amides is 8. The number of carbonyl (C=O) groups excluding carboxylic acids is 9. The summed E-state index contributed by atoms with van der Waals surface area (Å²) in [5, 5.41) is 22.8. The van der Waals surface area contributed by atoms with Gasteiger partial charge in [0.15, 0.2) is 0 Å². The SMILES string of the molecule is C/C=C/C[C@@H](C)[C@@H](O)[C@@H](C(=O)N[C@@H](CC)C(=O)N(C)CC(=O)OC)N(C)C(=O)[C@H](C(C)C)N(C)C(=O)[C@H](CC(C)C)N(C)C(=O)[C@H](CC(C)C)N(C)C(=O)[C@@H](C)NC(=O)[C@H](C)NC(=O)[C@H](CC(C)C)NC. The van der Waals surface area contributed by atoms with E-state index in [1.165, 1.54) is 70.9 Å². The quantitative estimate of drug-likeness (QED) is 0.0514. The van der Waals surface area contributed by atoms with E-state index in [4.69, 9.17) is 0 Å². The molecule has 0 aromatic rings. The molecule has 0 radical (unpaired) electrons. The van der Waals surface area contributed by atoms with Crippen molar-refractivity contribution in [3.63, 3.8) is 0 Å². The Morgan fingerprint density at radius 1 is 0.563 bits per heavy atom. The zero-order chi connectivity index (χ0) is 55.4.